The standard InChI is InChI=1S/C66H98O60/c67-2-61(98)6-104-55(37(61)79)106-10-65(102)12-110-59(41(65)83)121-30-17(72)16(71)29(44(87)88)120-53(30)119-28-23(78)32(123-58-40(82)64(101,5-70)9-109-58)54(126-36(28)48(95)96)118-26-19(74)21(76)51(124-34(26)46(91)92)117-27-22(77)31(122-60-42(84)66(103,13-111-60)11-107-56-38(80)62(99,3-68)7-105-56)52(125-35(27)47(93)94)112-14-1-15(113-57-39(81)63(100,4-69)8-108-57)50(115-24(14)43(85)86)116-25-18(73)20(75)49(97)114-33(25)45(89)90/h14-42,49-60,67-84,97-103H,1-13H2,(H,85,86)(H,87,88)(H,89,90)(H,91,92)(H,93,94)(H,95,96). The van der Waals surface area contributed by atoms with Crippen molar-refractivity contribution in [2.45, 2.75) is 293 Å². The highest BCUT2D eigenvalue weighted by Crippen LogP contribution is 2.44. The van der Waals surface area contributed by atoms with Gasteiger partial charge in [0.1, 0.15) is 174 Å². The number of carboxylic acids is 6. The van der Waals surface area contributed by atoms with E-state index in [4.69, 9.17) is 109 Å². The summed E-state index contributed by atoms with van der Waals surface area (Å²) in [4.78, 5) is 79.1. The molecule has 0 aromatic rings. The van der Waals surface area contributed by atoms with Gasteiger partial charge in [-0.15, -0.1) is 0 Å². The zero-order valence-electron chi connectivity index (χ0n) is 64.6. The fourth-order valence-corrected chi connectivity index (χ4v) is 15.4. The van der Waals surface area contributed by atoms with Gasteiger partial charge in [0.15, 0.2) is 112 Å². The van der Waals surface area contributed by atoms with Crippen LogP contribution in [0.25, 0.3) is 0 Å². The van der Waals surface area contributed by atoms with Crippen molar-refractivity contribution in [3.05, 3.63) is 0 Å². The molecule has 0 radical (unpaired) electrons. The summed E-state index contributed by atoms with van der Waals surface area (Å²) in [5.74, 6) is -13.1. The maximum atomic E-state index is 13.6. The van der Waals surface area contributed by atoms with E-state index in [2.05, 4.69) is 0 Å². The van der Waals surface area contributed by atoms with Crippen LogP contribution in [0.1, 0.15) is 6.42 Å². The Balaban J connectivity index is 0.824. The van der Waals surface area contributed by atoms with Crippen LogP contribution in [0.3, 0.4) is 0 Å². The van der Waals surface area contributed by atoms with Crippen LogP contribution in [-0.4, -0.2) is 560 Å². The molecule has 12 rings (SSSR count). The van der Waals surface area contributed by atoms with Gasteiger partial charge in [0.2, 0.25) is 0 Å². The largest absolute Gasteiger partial charge is 0.479 e. The van der Waals surface area contributed by atoms with Crippen molar-refractivity contribution in [2.24, 2.45) is 0 Å². The number of aliphatic hydroxyl groups is 25. The van der Waals surface area contributed by atoms with E-state index in [0.717, 1.165) is 0 Å². The lowest BCUT2D eigenvalue weighted by molar-refractivity contribution is -0.397. The van der Waals surface area contributed by atoms with E-state index in [1.165, 1.54) is 0 Å². The Hall–Kier alpha value is -5.10. The Labute approximate surface area is 702 Å². The van der Waals surface area contributed by atoms with Crippen molar-refractivity contribution in [2.75, 3.05) is 79.3 Å². The van der Waals surface area contributed by atoms with E-state index in [9.17, 15) is 187 Å². The summed E-state index contributed by atoms with van der Waals surface area (Å²) in [7, 11) is 0. The fraction of sp³-hybridized carbons (Fsp3) is 0.909. The Morgan fingerprint density at radius 2 is 0.500 bits per heavy atom. The molecule has 0 saturated carbocycles. The minimum absolute atomic E-state index is 0.691. The molecule has 722 valence electrons. The van der Waals surface area contributed by atoms with Crippen molar-refractivity contribution >= 4 is 35.8 Å². The van der Waals surface area contributed by atoms with Crippen LogP contribution >= 0.6 is 0 Å². The second kappa shape index (κ2) is 39.2. The van der Waals surface area contributed by atoms with Crippen molar-refractivity contribution < 1.29 is 296 Å². The number of hydrogen-bond acceptors (Lipinski definition) is 54. The van der Waals surface area contributed by atoms with Gasteiger partial charge in [-0.25, -0.2) is 28.8 Å². The van der Waals surface area contributed by atoms with Crippen LogP contribution in [0, 0.1) is 0 Å². The van der Waals surface area contributed by atoms with Gasteiger partial charge in [-0.05, 0) is 0 Å². The van der Waals surface area contributed by atoms with Crippen molar-refractivity contribution in [3.8, 4) is 0 Å². The summed E-state index contributed by atoms with van der Waals surface area (Å²) in [6.07, 6.45) is -105. The molecule has 0 aromatic heterocycles. The van der Waals surface area contributed by atoms with Gasteiger partial charge in [-0.2, -0.15) is 0 Å². The summed E-state index contributed by atoms with van der Waals surface area (Å²) in [5, 5.41) is 339. The normalized spacial score (nSPS) is 51.2. The summed E-state index contributed by atoms with van der Waals surface area (Å²) < 4.78 is 128. The zero-order chi connectivity index (χ0) is 92.6. The summed E-state index contributed by atoms with van der Waals surface area (Å²) in [6, 6.07) is 0. The molecule has 31 N–H and O–H groups in total. The van der Waals surface area contributed by atoms with E-state index in [0.29, 0.717) is 0 Å². The number of carbonyl (C=O) groups is 6. The van der Waals surface area contributed by atoms with Crippen molar-refractivity contribution in [1.82, 2.24) is 0 Å². The van der Waals surface area contributed by atoms with Crippen LogP contribution in [-0.2, 0) is 138 Å². The average Bonchev–Trinajstić information content (AvgIpc) is 1.24. The van der Waals surface area contributed by atoms with Crippen LogP contribution in [0.15, 0.2) is 0 Å². The smallest absolute Gasteiger partial charge is 0.335 e. The van der Waals surface area contributed by atoms with E-state index in [1.807, 2.05) is 0 Å². The van der Waals surface area contributed by atoms with E-state index < -0.39 is 408 Å². The molecule has 0 aliphatic carbocycles. The van der Waals surface area contributed by atoms with Crippen molar-refractivity contribution in [3.63, 3.8) is 0 Å². The maximum absolute atomic E-state index is 13.6. The lowest BCUT2D eigenvalue weighted by Crippen LogP contribution is -2.69. The molecule has 0 aromatic carbocycles. The molecule has 12 saturated heterocycles. The van der Waals surface area contributed by atoms with Gasteiger partial charge >= 0.3 is 35.8 Å². The number of ether oxygens (including phenoxy) is 23. The Morgan fingerprint density at radius 1 is 0.246 bits per heavy atom. The molecule has 0 spiro atoms. The quantitative estimate of drug-likeness (QED) is 0.0284. The number of hydrogen-bond donors (Lipinski definition) is 31. The molecule has 47 atom stereocenters. The molecule has 47 unspecified atom stereocenters. The molecule has 12 aliphatic heterocycles. The van der Waals surface area contributed by atoms with E-state index in [-0.39, 0.29) is 0 Å². The lowest BCUT2D eigenvalue weighted by atomic mass is 9.94. The first-order chi connectivity index (χ1) is 59.1. The van der Waals surface area contributed by atoms with E-state index >= 15 is 0 Å². The topological polar surface area (TPSA) is 942 Å². The van der Waals surface area contributed by atoms with Gasteiger partial charge in [0.05, 0.1) is 79.3 Å². The Morgan fingerprint density at radius 3 is 0.873 bits per heavy atom. The molecule has 60 nitrogen and oxygen atoms in total. The summed E-state index contributed by atoms with van der Waals surface area (Å²) in [5.41, 5.74) is -15.1. The highest BCUT2D eigenvalue weighted by molar-refractivity contribution is 5.76. The van der Waals surface area contributed by atoms with Gasteiger partial charge < -0.3 is 267 Å². The van der Waals surface area contributed by atoms with Gasteiger partial charge in [0.25, 0.3) is 0 Å². The van der Waals surface area contributed by atoms with Gasteiger partial charge in [-0.1, -0.05) is 0 Å². The van der Waals surface area contributed by atoms with E-state index in [1.54, 1.807) is 0 Å². The zero-order valence-corrected chi connectivity index (χ0v) is 64.6. The Bertz CT molecular complexity index is 3730. The highest BCUT2D eigenvalue weighted by Gasteiger charge is 2.66. The summed E-state index contributed by atoms with van der Waals surface area (Å²) >= 11 is 0. The minimum Gasteiger partial charge on any atom is -0.479 e. The molecule has 60 heteroatoms. The predicted octanol–water partition coefficient (Wildman–Crippen LogP) is -21.7. The van der Waals surface area contributed by atoms with Crippen molar-refractivity contribution in [1.29, 1.82) is 0 Å². The summed E-state index contributed by atoms with van der Waals surface area (Å²) in [6.45, 7) is -12.4. The highest BCUT2D eigenvalue weighted by atomic mass is 16.8. The van der Waals surface area contributed by atoms with Crippen LogP contribution in [0.5, 0.6) is 0 Å². The maximum Gasteiger partial charge on any atom is 0.335 e. The number of aliphatic hydroxyl groups excluding tert-OH is 19. The van der Waals surface area contributed by atoms with Gasteiger partial charge in [-0.3, -0.25) is 0 Å². The molecule has 0 amide bonds. The van der Waals surface area contributed by atoms with Gasteiger partial charge in [0, 0.05) is 6.42 Å². The lowest BCUT2D eigenvalue weighted by Gasteiger charge is -2.49. The third-order valence-corrected chi connectivity index (χ3v) is 23.1. The second-order valence-corrected chi connectivity index (χ2v) is 31.9. The molecular weight excluding hydrogens is 1750 g/mol. The number of rotatable bonds is 34. The minimum atomic E-state index is -2.98. The monoisotopic (exact) mass is 1850 g/mol. The molecular formula is C66H98O60. The first-order valence-corrected chi connectivity index (χ1v) is 38.2. The Kier molecular flexibility index (Phi) is 31.1. The first kappa shape index (κ1) is 99.9. The fourth-order valence-electron chi connectivity index (χ4n) is 15.4. The third kappa shape index (κ3) is 19.5. The number of aliphatic carboxylic acids is 6. The SMILES string of the molecule is O=C(O)C1OC(OC2C(C(=O)O)OC(O)C(O)C2O)C(OC2OCC(O)(CO)C2O)CC1OC1OC(C(=O)O)C(OC2OC(C(=O)O)C(OC3OC(C(=O)O)C(OC4OC(C(=O)O)C(O)C(O)C4OC4OCC(O)(COC5OCC(O)(CO)C5O)C4O)C(O)C3OC3OCC(O)(CO)C3O)C(O)C2O)C(O)C1OC1OCC(O)(COC2OCC(O)(CO)C2O)C1O. The predicted molar refractivity (Wildman–Crippen MR) is 361 cm³/mol. The third-order valence-electron chi connectivity index (χ3n) is 23.1. The van der Waals surface area contributed by atoms with Crippen LogP contribution in [0.4, 0.5) is 0 Å². The molecule has 126 heavy (non-hydrogen) atoms. The molecule has 12 aliphatic rings. The second-order valence-electron chi connectivity index (χ2n) is 31.9. The number of carboxylic acid groups (broad SMARTS) is 6. The van der Waals surface area contributed by atoms with Crippen LogP contribution < -0.4 is 0 Å². The average molecular weight is 1850 g/mol. The molecule has 12 heterocycles. The molecule has 0 bridgehead atoms. The molecule has 12 fully saturated rings. The first-order valence-electron chi connectivity index (χ1n) is 38.2. The van der Waals surface area contributed by atoms with Crippen LogP contribution in [0.2, 0.25) is 0 Å².